The summed E-state index contributed by atoms with van der Waals surface area (Å²) in [6.45, 7) is 5.59. The van der Waals surface area contributed by atoms with Gasteiger partial charge in [0.05, 0.1) is 17.7 Å². The zero-order valence-electron chi connectivity index (χ0n) is 16.0. The SMILES string of the molecule is CC(C)CCN1C(=O)CC[C@]2(C(=O)NCc3ccccn3)CCCC[C@@H]12. The molecule has 0 aromatic carbocycles. The molecule has 0 spiro atoms. The second-order valence-corrected chi connectivity index (χ2v) is 8.19. The van der Waals surface area contributed by atoms with Gasteiger partial charge in [-0.05, 0) is 43.7 Å². The highest BCUT2D eigenvalue weighted by Crippen LogP contribution is 2.46. The Kier molecular flexibility index (Phi) is 5.94. The Balaban J connectivity index is 1.75. The number of pyridine rings is 1. The van der Waals surface area contributed by atoms with Crippen LogP contribution < -0.4 is 5.32 Å². The summed E-state index contributed by atoms with van der Waals surface area (Å²) >= 11 is 0. The number of hydrogen-bond acceptors (Lipinski definition) is 3. The molecule has 2 fully saturated rings. The molecule has 0 bridgehead atoms. The average molecular weight is 357 g/mol. The smallest absolute Gasteiger partial charge is 0.228 e. The number of hydrogen-bond donors (Lipinski definition) is 1. The first-order valence-electron chi connectivity index (χ1n) is 10.0. The molecule has 1 saturated carbocycles. The zero-order valence-corrected chi connectivity index (χ0v) is 16.0. The lowest BCUT2D eigenvalue weighted by molar-refractivity contribution is -0.155. The van der Waals surface area contributed by atoms with Crippen LogP contribution in [-0.4, -0.2) is 34.3 Å². The van der Waals surface area contributed by atoms with Crippen LogP contribution in [0.4, 0.5) is 0 Å². The first-order chi connectivity index (χ1) is 12.5. The number of nitrogens with zero attached hydrogens (tertiary/aromatic N) is 2. The van der Waals surface area contributed by atoms with Gasteiger partial charge in [-0.2, -0.15) is 0 Å². The van der Waals surface area contributed by atoms with Gasteiger partial charge in [0.15, 0.2) is 0 Å². The molecule has 1 N–H and O–H groups in total. The minimum Gasteiger partial charge on any atom is -0.350 e. The van der Waals surface area contributed by atoms with Crippen LogP contribution in [0.1, 0.15) is 64.5 Å². The Morgan fingerprint density at radius 2 is 2.19 bits per heavy atom. The molecular weight excluding hydrogens is 326 g/mol. The highest BCUT2D eigenvalue weighted by Gasteiger charge is 2.52. The second kappa shape index (κ2) is 8.19. The number of nitrogens with one attached hydrogen (secondary N) is 1. The van der Waals surface area contributed by atoms with Gasteiger partial charge in [0, 0.05) is 25.2 Å². The van der Waals surface area contributed by atoms with E-state index in [1.54, 1.807) is 6.20 Å². The predicted molar refractivity (Wildman–Crippen MR) is 101 cm³/mol. The summed E-state index contributed by atoms with van der Waals surface area (Å²) in [5, 5.41) is 3.12. The number of fused-ring (bicyclic) bond motifs is 1. The molecule has 2 heterocycles. The van der Waals surface area contributed by atoms with Crippen LogP contribution in [0.2, 0.25) is 0 Å². The van der Waals surface area contributed by atoms with Gasteiger partial charge in [0.25, 0.3) is 0 Å². The number of rotatable bonds is 6. The molecule has 142 valence electrons. The van der Waals surface area contributed by atoms with Crippen molar-refractivity contribution >= 4 is 11.8 Å². The quantitative estimate of drug-likeness (QED) is 0.850. The van der Waals surface area contributed by atoms with E-state index in [0.29, 0.717) is 25.3 Å². The summed E-state index contributed by atoms with van der Waals surface area (Å²) in [5.41, 5.74) is 0.450. The number of carbonyl (C=O) groups excluding carboxylic acids is 2. The molecule has 0 unspecified atom stereocenters. The Morgan fingerprint density at radius 3 is 2.92 bits per heavy atom. The lowest BCUT2D eigenvalue weighted by Crippen LogP contribution is -2.61. The molecule has 26 heavy (non-hydrogen) atoms. The van der Waals surface area contributed by atoms with Crippen molar-refractivity contribution in [3.63, 3.8) is 0 Å². The standard InChI is InChI=1S/C21H31N3O2/c1-16(2)10-14-24-18-8-3-5-11-21(18,12-9-19(24)25)20(26)23-15-17-7-4-6-13-22-17/h4,6-7,13,16,18H,3,5,8-12,14-15H2,1-2H3,(H,23,26)/t18-,21-/m1/s1. The molecular formula is C21H31N3O2. The third-order valence-electron chi connectivity index (χ3n) is 6.03. The van der Waals surface area contributed by atoms with E-state index in [0.717, 1.165) is 44.3 Å². The molecule has 2 atom stereocenters. The van der Waals surface area contributed by atoms with Gasteiger partial charge in [0.2, 0.25) is 11.8 Å². The Labute approximate surface area is 156 Å². The minimum atomic E-state index is -0.419. The Hall–Kier alpha value is -1.91. The molecule has 1 aromatic rings. The molecule has 2 amide bonds. The third kappa shape index (κ3) is 3.92. The number of piperidine rings is 1. The molecule has 5 nitrogen and oxygen atoms in total. The molecule has 1 aromatic heterocycles. The van der Waals surface area contributed by atoms with Crippen molar-refractivity contribution in [1.29, 1.82) is 0 Å². The molecule has 0 radical (unpaired) electrons. The maximum atomic E-state index is 13.2. The second-order valence-electron chi connectivity index (χ2n) is 8.19. The Morgan fingerprint density at radius 1 is 1.35 bits per heavy atom. The van der Waals surface area contributed by atoms with E-state index >= 15 is 0 Å². The van der Waals surface area contributed by atoms with Crippen molar-refractivity contribution in [2.75, 3.05) is 6.54 Å². The van der Waals surface area contributed by atoms with Crippen molar-refractivity contribution in [2.24, 2.45) is 11.3 Å². The predicted octanol–water partition coefficient (Wildman–Crippen LogP) is 3.30. The summed E-state index contributed by atoms with van der Waals surface area (Å²) in [5.74, 6) is 0.890. The van der Waals surface area contributed by atoms with Gasteiger partial charge in [-0.3, -0.25) is 14.6 Å². The lowest BCUT2D eigenvalue weighted by Gasteiger charge is -2.51. The summed E-state index contributed by atoms with van der Waals surface area (Å²) in [6, 6.07) is 5.79. The van der Waals surface area contributed by atoms with Gasteiger partial charge < -0.3 is 10.2 Å². The molecule has 1 aliphatic carbocycles. The van der Waals surface area contributed by atoms with Crippen molar-refractivity contribution < 1.29 is 9.59 Å². The van der Waals surface area contributed by atoms with Crippen molar-refractivity contribution in [3.05, 3.63) is 30.1 Å². The maximum absolute atomic E-state index is 13.2. The van der Waals surface area contributed by atoms with E-state index in [9.17, 15) is 9.59 Å². The maximum Gasteiger partial charge on any atom is 0.228 e. The molecule has 1 aliphatic heterocycles. The number of aromatic nitrogens is 1. The monoisotopic (exact) mass is 357 g/mol. The minimum absolute atomic E-state index is 0.0555. The highest BCUT2D eigenvalue weighted by atomic mass is 16.2. The summed E-state index contributed by atoms with van der Waals surface area (Å²) in [4.78, 5) is 32.2. The van der Waals surface area contributed by atoms with E-state index in [-0.39, 0.29) is 17.9 Å². The fraction of sp³-hybridized carbons (Fsp3) is 0.667. The first kappa shape index (κ1) is 18.9. The van der Waals surface area contributed by atoms with E-state index in [1.165, 1.54) is 0 Å². The van der Waals surface area contributed by atoms with Gasteiger partial charge in [-0.15, -0.1) is 0 Å². The van der Waals surface area contributed by atoms with Crippen molar-refractivity contribution in [1.82, 2.24) is 15.2 Å². The first-order valence-corrected chi connectivity index (χ1v) is 10.0. The van der Waals surface area contributed by atoms with Crippen LogP contribution in [0.5, 0.6) is 0 Å². The number of amides is 2. The molecule has 5 heteroatoms. The Bertz CT molecular complexity index is 631. The number of carbonyl (C=O) groups is 2. The van der Waals surface area contributed by atoms with Gasteiger partial charge in [0.1, 0.15) is 0 Å². The fourth-order valence-electron chi connectivity index (χ4n) is 4.52. The van der Waals surface area contributed by atoms with E-state index < -0.39 is 5.41 Å². The van der Waals surface area contributed by atoms with Crippen LogP contribution >= 0.6 is 0 Å². The fourth-order valence-corrected chi connectivity index (χ4v) is 4.52. The zero-order chi connectivity index (χ0) is 18.6. The van der Waals surface area contributed by atoms with Crippen LogP contribution in [0.25, 0.3) is 0 Å². The lowest BCUT2D eigenvalue weighted by atomic mass is 9.64. The molecule has 2 aliphatic rings. The molecule has 3 rings (SSSR count). The van der Waals surface area contributed by atoms with Crippen LogP contribution in [-0.2, 0) is 16.1 Å². The molecule has 1 saturated heterocycles. The van der Waals surface area contributed by atoms with Gasteiger partial charge in [-0.1, -0.05) is 32.8 Å². The van der Waals surface area contributed by atoms with Crippen molar-refractivity contribution in [2.45, 2.75) is 71.4 Å². The number of likely N-dealkylation sites (tertiary alicyclic amines) is 1. The normalized spacial score (nSPS) is 25.9. The van der Waals surface area contributed by atoms with E-state index in [2.05, 4.69) is 24.1 Å². The van der Waals surface area contributed by atoms with Gasteiger partial charge in [-0.25, -0.2) is 0 Å². The van der Waals surface area contributed by atoms with Crippen molar-refractivity contribution in [3.8, 4) is 0 Å². The summed E-state index contributed by atoms with van der Waals surface area (Å²) in [7, 11) is 0. The largest absolute Gasteiger partial charge is 0.350 e. The average Bonchev–Trinajstić information content (AvgIpc) is 2.66. The topological polar surface area (TPSA) is 62.3 Å². The summed E-state index contributed by atoms with van der Waals surface area (Å²) in [6.07, 6.45) is 7.92. The van der Waals surface area contributed by atoms with E-state index in [1.807, 2.05) is 23.1 Å². The summed E-state index contributed by atoms with van der Waals surface area (Å²) < 4.78 is 0. The highest BCUT2D eigenvalue weighted by molar-refractivity contribution is 5.88. The van der Waals surface area contributed by atoms with Crippen LogP contribution in [0, 0.1) is 11.3 Å². The van der Waals surface area contributed by atoms with Gasteiger partial charge >= 0.3 is 0 Å². The van der Waals surface area contributed by atoms with E-state index in [4.69, 9.17) is 0 Å². The van der Waals surface area contributed by atoms with Crippen LogP contribution in [0.3, 0.4) is 0 Å². The van der Waals surface area contributed by atoms with Crippen LogP contribution in [0.15, 0.2) is 24.4 Å². The third-order valence-corrected chi connectivity index (χ3v) is 6.03.